The average molecular weight is 365 g/mol. The van der Waals surface area contributed by atoms with Gasteiger partial charge in [-0.2, -0.15) is 0 Å². The minimum Gasteiger partial charge on any atom is -0.385 e. The van der Waals surface area contributed by atoms with Gasteiger partial charge in [0.1, 0.15) is 0 Å². The molecule has 1 saturated carbocycles. The van der Waals surface area contributed by atoms with E-state index in [4.69, 9.17) is 0 Å². The van der Waals surface area contributed by atoms with Gasteiger partial charge in [-0.1, -0.05) is 12.1 Å². The molecule has 0 saturated heterocycles. The van der Waals surface area contributed by atoms with E-state index in [0.717, 1.165) is 32.2 Å². The summed E-state index contributed by atoms with van der Waals surface area (Å²) in [4.78, 5) is 0. The van der Waals surface area contributed by atoms with Gasteiger partial charge in [-0.3, -0.25) is 0 Å². The molecule has 1 aromatic rings. The fourth-order valence-corrected chi connectivity index (χ4v) is 5.03. The van der Waals surface area contributed by atoms with Gasteiger partial charge in [-0.05, 0) is 88.3 Å². The van der Waals surface area contributed by atoms with Crippen LogP contribution >= 0.6 is 0 Å². The zero-order chi connectivity index (χ0) is 17.9. The van der Waals surface area contributed by atoms with Crippen molar-refractivity contribution < 1.29 is 8.42 Å². The second-order valence-electron chi connectivity index (χ2n) is 7.96. The van der Waals surface area contributed by atoms with Crippen molar-refractivity contribution in [2.45, 2.75) is 76.5 Å². The molecule has 1 fully saturated rings. The van der Waals surface area contributed by atoms with Crippen molar-refractivity contribution in [3.63, 3.8) is 0 Å². The van der Waals surface area contributed by atoms with Crippen LogP contribution in [-0.4, -0.2) is 26.3 Å². The van der Waals surface area contributed by atoms with Crippen LogP contribution in [0, 0.1) is 5.92 Å². The molecule has 0 aromatic heterocycles. The molecule has 1 aromatic carbocycles. The molecule has 140 valence electrons. The standard InChI is InChI=1S/C20H32N2O2S/c1-15(2)25(23,24)22-18-12-10-16(11-13-18)14-21-20-9-5-7-17-6-3-4-8-19(17)20/h5,7,9,15-16,18,21-22H,3-4,6,8,10-14H2,1-2H3. The molecule has 4 nitrogen and oxygen atoms in total. The van der Waals surface area contributed by atoms with Crippen molar-refractivity contribution in [3.05, 3.63) is 29.3 Å². The van der Waals surface area contributed by atoms with Gasteiger partial charge in [-0.15, -0.1) is 0 Å². The summed E-state index contributed by atoms with van der Waals surface area (Å²) in [5, 5.41) is 3.33. The van der Waals surface area contributed by atoms with E-state index in [2.05, 4.69) is 28.2 Å². The average Bonchev–Trinajstić information content (AvgIpc) is 2.60. The monoisotopic (exact) mass is 364 g/mol. The molecule has 0 atom stereocenters. The van der Waals surface area contributed by atoms with Crippen molar-refractivity contribution in [1.82, 2.24) is 4.72 Å². The Kier molecular flexibility index (Phi) is 6.05. The first-order chi connectivity index (χ1) is 12.0. The number of rotatable bonds is 6. The molecule has 25 heavy (non-hydrogen) atoms. The minimum atomic E-state index is -3.15. The molecule has 0 bridgehead atoms. The molecule has 0 aliphatic heterocycles. The Morgan fingerprint density at radius 2 is 1.80 bits per heavy atom. The second kappa shape index (κ2) is 8.09. The summed E-state index contributed by atoms with van der Waals surface area (Å²) in [5.41, 5.74) is 4.36. The third-order valence-corrected chi connectivity index (χ3v) is 7.68. The molecule has 0 spiro atoms. The van der Waals surface area contributed by atoms with Gasteiger partial charge in [0.2, 0.25) is 10.0 Å². The Hall–Kier alpha value is -1.07. The van der Waals surface area contributed by atoms with Gasteiger partial charge in [0.25, 0.3) is 0 Å². The van der Waals surface area contributed by atoms with Gasteiger partial charge in [-0.25, -0.2) is 13.1 Å². The van der Waals surface area contributed by atoms with Crippen molar-refractivity contribution in [2.24, 2.45) is 5.92 Å². The first-order valence-corrected chi connectivity index (χ1v) is 11.4. The lowest BCUT2D eigenvalue weighted by molar-refractivity contribution is 0.323. The normalized spacial score (nSPS) is 24.1. The molecule has 0 unspecified atom stereocenters. The van der Waals surface area contributed by atoms with E-state index >= 15 is 0 Å². The summed E-state index contributed by atoms with van der Waals surface area (Å²) in [5.74, 6) is 0.638. The van der Waals surface area contributed by atoms with Crippen LogP contribution in [0.25, 0.3) is 0 Å². The van der Waals surface area contributed by atoms with E-state index in [1.165, 1.54) is 42.5 Å². The first kappa shape index (κ1) is 18.7. The molecule has 0 radical (unpaired) electrons. The third kappa shape index (κ3) is 4.76. The van der Waals surface area contributed by atoms with Crippen LogP contribution in [0.1, 0.15) is 63.5 Å². The maximum atomic E-state index is 12.0. The van der Waals surface area contributed by atoms with E-state index in [9.17, 15) is 8.42 Å². The molecule has 3 rings (SSSR count). The number of hydrogen-bond acceptors (Lipinski definition) is 3. The Labute approximate surface area is 152 Å². The Morgan fingerprint density at radius 1 is 1.08 bits per heavy atom. The molecular formula is C20H32N2O2S. The number of aryl methyl sites for hydroxylation is 1. The number of nitrogens with one attached hydrogen (secondary N) is 2. The molecule has 0 heterocycles. The summed E-state index contributed by atoms with van der Waals surface area (Å²) in [6, 6.07) is 6.77. The summed E-state index contributed by atoms with van der Waals surface area (Å²) in [6.07, 6.45) is 9.10. The largest absolute Gasteiger partial charge is 0.385 e. The zero-order valence-corrected chi connectivity index (χ0v) is 16.4. The molecule has 2 aliphatic rings. The SMILES string of the molecule is CC(C)S(=O)(=O)NC1CCC(CNc2cccc3c2CCCC3)CC1. The van der Waals surface area contributed by atoms with Gasteiger partial charge < -0.3 is 5.32 Å². The fourth-order valence-electron chi connectivity index (χ4n) is 4.05. The number of sulfonamides is 1. The highest BCUT2D eigenvalue weighted by atomic mass is 32.2. The number of anilines is 1. The van der Waals surface area contributed by atoms with Crippen LogP contribution in [0.2, 0.25) is 0 Å². The highest BCUT2D eigenvalue weighted by Crippen LogP contribution is 2.30. The van der Waals surface area contributed by atoms with E-state index in [-0.39, 0.29) is 11.3 Å². The van der Waals surface area contributed by atoms with Crippen molar-refractivity contribution in [1.29, 1.82) is 0 Å². The van der Waals surface area contributed by atoms with Crippen LogP contribution in [0.5, 0.6) is 0 Å². The van der Waals surface area contributed by atoms with Crippen molar-refractivity contribution in [2.75, 3.05) is 11.9 Å². The highest BCUT2D eigenvalue weighted by molar-refractivity contribution is 7.90. The third-order valence-electron chi connectivity index (χ3n) is 5.78. The summed E-state index contributed by atoms with van der Waals surface area (Å²) >= 11 is 0. The lowest BCUT2D eigenvalue weighted by atomic mass is 9.86. The van der Waals surface area contributed by atoms with Crippen LogP contribution < -0.4 is 10.0 Å². The first-order valence-electron chi connectivity index (χ1n) is 9.81. The summed E-state index contributed by atoms with van der Waals surface area (Å²) in [7, 11) is -3.15. The number of fused-ring (bicyclic) bond motifs is 1. The molecular weight excluding hydrogens is 332 g/mol. The molecule has 5 heteroatoms. The van der Waals surface area contributed by atoms with E-state index < -0.39 is 10.0 Å². The van der Waals surface area contributed by atoms with Gasteiger partial charge >= 0.3 is 0 Å². The van der Waals surface area contributed by atoms with Gasteiger partial charge in [0, 0.05) is 18.3 Å². The number of hydrogen-bond donors (Lipinski definition) is 2. The number of benzene rings is 1. The molecule has 2 N–H and O–H groups in total. The van der Waals surface area contributed by atoms with Gasteiger partial charge in [0.15, 0.2) is 0 Å². The maximum absolute atomic E-state index is 12.0. The predicted molar refractivity (Wildman–Crippen MR) is 105 cm³/mol. The Morgan fingerprint density at radius 3 is 2.52 bits per heavy atom. The quantitative estimate of drug-likeness (QED) is 0.806. The Bertz CT molecular complexity index is 677. The topological polar surface area (TPSA) is 58.2 Å². The van der Waals surface area contributed by atoms with Crippen LogP contribution in [0.3, 0.4) is 0 Å². The van der Waals surface area contributed by atoms with E-state index in [0.29, 0.717) is 5.92 Å². The van der Waals surface area contributed by atoms with Crippen molar-refractivity contribution >= 4 is 15.7 Å². The summed E-state index contributed by atoms with van der Waals surface area (Å²) in [6.45, 7) is 4.47. The smallest absolute Gasteiger partial charge is 0.214 e. The van der Waals surface area contributed by atoms with Crippen LogP contribution in [0.4, 0.5) is 5.69 Å². The maximum Gasteiger partial charge on any atom is 0.214 e. The Balaban J connectivity index is 1.49. The minimum absolute atomic E-state index is 0.119. The van der Waals surface area contributed by atoms with Crippen LogP contribution in [0.15, 0.2) is 18.2 Å². The van der Waals surface area contributed by atoms with Gasteiger partial charge in [0.05, 0.1) is 5.25 Å². The van der Waals surface area contributed by atoms with Crippen molar-refractivity contribution in [3.8, 4) is 0 Å². The predicted octanol–water partition coefficient (Wildman–Crippen LogP) is 3.86. The van der Waals surface area contributed by atoms with E-state index in [1.807, 2.05) is 0 Å². The highest BCUT2D eigenvalue weighted by Gasteiger charge is 2.26. The lowest BCUT2D eigenvalue weighted by Gasteiger charge is -2.30. The second-order valence-corrected chi connectivity index (χ2v) is 10.2. The van der Waals surface area contributed by atoms with E-state index in [1.54, 1.807) is 13.8 Å². The fraction of sp³-hybridized carbons (Fsp3) is 0.700. The lowest BCUT2D eigenvalue weighted by Crippen LogP contribution is -2.41. The van der Waals surface area contributed by atoms with Crippen LogP contribution in [-0.2, 0) is 22.9 Å². The molecule has 0 amide bonds. The summed E-state index contributed by atoms with van der Waals surface area (Å²) < 4.78 is 26.9. The molecule has 2 aliphatic carbocycles. The zero-order valence-electron chi connectivity index (χ0n) is 15.6.